The highest BCUT2D eigenvalue weighted by Gasteiger charge is 2.14. The molecule has 0 atom stereocenters. The minimum atomic E-state index is -0.531. The van der Waals surface area contributed by atoms with Crippen LogP contribution in [-0.4, -0.2) is 15.0 Å². The standard InChI is InChI=1S/C27H16ClN3/c28-27-30-25(23-13-5-9-17-7-1-4-11-20(17)23)29-26(31-27)24-14-6-12-21-19-10-3-2-8-18(19)15-16-22(21)24/h1-16H/i1D,4D,5D,7D,9D,11D,13D. The third-order valence-corrected chi connectivity index (χ3v) is 5.34. The normalized spacial score (nSPS) is 14.5. The molecule has 0 aliphatic carbocycles. The zero-order valence-electron chi connectivity index (χ0n) is 22.9. The lowest BCUT2D eigenvalue weighted by molar-refractivity contribution is 1.07. The van der Waals surface area contributed by atoms with Crippen molar-refractivity contribution in [2.24, 2.45) is 0 Å². The summed E-state index contributed by atoms with van der Waals surface area (Å²) in [4.78, 5) is 13.1. The predicted molar refractivity (Wildman–Crippen MR) is 128 cm³/mol. The van der Waals surface area contributed by atoms with Crippen molar-refractivity contribution in [1.29, 1.82) is 0 Å². The van der Waals surface area contributed by atoms with Gasteiger partial charge in [0.2, 0.25) is 5.28 Å². The van der Waals surface area contributed by atoms with Crippen LogP contribution in [0.2, 0.25) is 5.28 Å². The van der Waals surface area contributed by atoms with Crippen LogP contribution in [0.1, 0.15) is 9.60 Å². The fourth-order valence-corrected chi connectivity index (χ4v) is 3.96. The van der Waals surface area contributed by atoms with E-state index in [1.165, 1.54) is 0 Å². The van der Waals surface area contributed by atoms with Gasteiger partial charge in [0, 0.05) is 11.1 Å². The first kappa shape index (κ1) is 12.1. The molecule has 0 radical (unpaired) electrons. The Labute approximate surface area is 193 Å². The average molecular weight is 425 g/mol. The second-order valence-corrected chi connectivity index (χ2v) is 7.28. The van der Waals surface area contributed by atoms with Crippen LogP contribution in [0.25, 0.3) is 55.1 Å². The quantitative estimate of drug-likeness (QED) is 0.273. The van der Waals surface area contributed by atoms with Crippen molar-refractivity contribution in [3.63, 3.8) is 0 Å². The molecule has 5 aromatic carbocycles. The fourth-order valence-electron chi connectivity index (χ4n) is 3.80. The summed E-state index contributed by atoms with van der Waals surface area (Å²) in [5, 5.41) is 3.49. The van der Waals surface area contributed by atoms with E-state index in [0.29, 0.717) is 5.56 Å². The number of fused-ring (bicyclic) bond motifs is 4. The third-order valence-electron chi connectivity index (χ3n) is 5.17. The van der Waals surface area contributed by atoms with Crippen LogP contribution in [0.5, 0.6) is 0 Å². The molecule has 0 aliphatic heterocycles. The smallest absolute Gasteiger partial charge is 0.208 e. The van der Waals surface area contributed by atoms with Gasteiger partial charge in [0.15, 0.2) is 11.6 Å². The lowest BCUT2D eigenvalue weighted by Crippen LogP contribution is -1.98. The van der Waals surface area contributed by atoms with E-state index in [1.54, 1.807) is 0 Å². The Morgan fingerprint density at radius 2 is 1.32 bits per heavy atom. The van der Waals surface area contributed by atoms with E-state index in [0.717, 1.165) is 21.5 Å². The van der Waals surface area contributed by atoms with Crippen molar-refractivity contribution in [1.82, 2.24) is 15.0 Å². The first-order chi connectivity index (χ1) is 18.2. The highest BCUT2D eigenvalue weighted by molar-refractivity contribution is 6.28. The molecule has 0 unspecified atom stereocenters. The van der Waals surface area contributed by atoms with Crippen LogP contribution < -0.4 is 0 Å². The van der Waals surface area contributed by atoms with Crippen LogP contribution in [0.15, 0.2) is 96.9 Å². The molecule has 0 saturated heterocycles. The number of hydrogen-bond donors (Lipinski definition) is 0. The number of benzene rings is 5. The minimum absolute atomic E-state index is 0.107. The largest absolute Gasteiger partial charge is 0.226 e. The van der Waals surface area contributed by atoms with Gasteiger partial charge in [0.25, 0.3) is 0 Å². The van der Waals surface area contributed by atoms with Crippen LogP contribution in [-0.2, 0) is 0 Å². The van der Waals surface area contributed by atoms with Crippen LogP contribution >= 0.6 is 11.6 Å². The van der Waals surface area contributed by atoms with E-state index in [9.17, 15) is 0 Å². The van der Waals surface area contributed by atoms with E-state index < -0.39 is 42.3 Å². The zero-order chi connectivity index (χ0) is 26.9. The maximum absolute atomic E-state index is 8.61. The Hall–Kier alpha value is -3.82. The molecule has 1 heterocycles. The van der Waals surface area contributed by atoms with Gasteiger partial charge >= 0.3 is 0 Å². The summed E-state index contributed by atoms with van der Waals surface area (Å²) >= 11 is 6.34. The molecule has 3 nitrogen and oxygen atoms in total. The van der Waals surface area contributed by atoms with Crippen molar-refractivity contribution < 1.29 is 9.60 Å². The van der Waals surface area contributed by atoms with Crippen molar-refractivity contribution >= 4 is 43.9 Å². The van der Waals surface area contributed by atoms with Crippen LogP contribution in [0.3, 0.4) is 0 Å². The van der Waals surface area contributed by atoms with Gasteiger partial charge in [-0.3, -0.25) is 0 Å². The van der Waals surface area contributed by atoms with Crippen LogP contribution in [0.4, 0.5) is 0 Å². The summed E-state index contributed by atoms with van der Waals surface area (Å²) in [6.07, 6.45) is 0. The monoisotopic (exact) mass is 424 g/mol. The summed E-state index contributed by atoms with van der Waals surface area (Å²) in [5.74, 6) is 0.0853. The molecule has 0 spiro atoms. The molecule has 6 rings (SSSR count). The molecular formula is C27H16ClN3. The Balaban J connectivity index is 1.69. The molecule has 6 aromatic rings. The van der Waals surface area contributed by atoms with Gasteiger partial charge in [-0.05, 0) is 43.9 Å². The fraction of sp³-hybridized carbons (Fsp3) is 0. The molecule has 0 aliphatic rings. The molecule has 0 fully saturated rings. The molecule has 0 bridgehead atoms. The number of aromatic nitrogens is 3. The van der Waals surface area contributed by atoms with Gasteiger partial charge in [-0.2, -0.15) is 9.97 Å². The number of halogens is 1. The Morgan fingerprint density at radius 3 is 2.26 bits per heavy atom. The summed E-state index contributed by atoms with van der Waals surface area (Å²) < 4.78 is 58.3. The Kier molecular flexibility index (Phi) is 2.80. The number of nitrogens with zero attached hydrogens (tertiary/aromatic N) is 3. The van der Waals surface area contributed by atoms with Gasteiger partial charge in [-0.1, -0.05) is 96.9 Å². The topological polar surface area (TPSA) is 38.7 Å². The Bertz CT molecular complexity index is 1970. The van der Waals surface area contributed by atoms with E-state index in [4.69, 9.17) is 21.2 Å². The van der Waals surface area contributed by atoms with Crippen molar-refractivity contribution in [2.45, 2.75) is 0 Å². The van der Waals surface area contributed by atoms with E-state index in [-0.39, 0.29) is 33.3 Å². The molecule has 1 aromatic heterocycles. The van der Waals surface area contributed by atoms with E-state index >= 15 is 0 Å². The minimum Gasteiger partial charge on any atom is -0.208 e. The number of rotatable bonds is 2. The highest BCUT2D eigenvalue weighted by Crippen LogP contribution is 2.33. The Morgan fingerprint density at radius 1 is 0.548 bits per heavy atom. The molecule has 31 heavy (non-hydrogen) atoms. The third kappa shape index (κ3) is 3.02. The molecule has 146 valence electrons. The lowest BCUT2D eigenvalue weighted by Gasteiger charge is -2.10. The first-order valence-corrected chi connectivity index (χ1v) is 9.89. The zero-order valence-corrected chi connectivity index (χ0v) is 16.7. The van der Waals surface area contributed by atoms with E-state index in [2.05, 4.69) is 15.0 Å². The molecule has 0 amide bonds. The lowest BCUT2D eigenvalue weighted by atomic mass is 9.98. The molecular weight excluding hydrogens is 402 g/mol. The summed E-state index contributed by atoms with van der Waals surface area (Å²) in [7, 11) is 0. The molecule has 0 N–H and O–H groups in total. The number of hydrogen-bond acceptors (Lipinski definition) is 3. The van der Waals surface area contributed by atoms with Gasteiger partial charge in [-0.15, -0.1) is 0 Å². The summed E-state index contributed by atoms with van der Waals surface area (Å²) in [5.41, 5.74) is 0.545. The van der Waals surface area contributed by atoms with Gasteiger partial charge in [0.1, 0.15) is 0 Å². The van der Waals surface area contributed by atoms with E-state index in [1.807, 2.05) is 54.6 Å². The molecule has 0 saturated carbocycles. The summed E-state index contributed by atoms with van der Waals surface area (Å²) in [6, 6.07) is 14.2. The van der Waals surface area contributed by atoms with Gasteiger partial charge in [0.05, 0.1) is 9.60 Å². The first-order valence-electron chi connectivity index (χ1n) is 13.0. The van der Waals surface area contributed by atoms with Gasteiger partial charge < -0.3 is 0 Å². The SMILES string of the molecule is [2H]c1c([2H])c([2H])c2c(-c3nc(Cl)nc(-c4cccc5c4ccc4ccccc45)n3)c([2H])c([2H])c([2H])c2c1[2H]. The van der Waals surface area contributed by atoms with Gasteiger partial charge in [-0.25, -0.2) is 4.98 Å². The second-order valence-electron chi connectivity index (χ2n) is 6.94. The molecule has 4 heteroatoms. The highest BCUT2D eigenvalue weighted by atomic mass is 35.5. The van der Waals surface area contributed by atoms with Crippen molar-refractivity contribution in [3.05, 3.63) is 102 Å². The maximum atomic E-state index is 8.61. The average Bonchev–Trinajstić information content (AvgIpc) is 2.92. The second kappa shape index (κ2) is 7.15. The maximum Gasteiger partial charge on any atom is 0.226 e. The van der Waals surface area contributed by atoms with Crippen molar-refractivity contribution in [3.8, 4) is 22.8 Å². The summed E-state index contributed by atoms with van der Waals surface area (Å²) in [6.45, 7) is 0. The van der Waals surface area contributed by atoms with Crippen LogP contribution in [0, 0.1) is 0 Å². The van der Waals surface area contributed by atoms with Crippen molar-refractivity contribution in [2.75, 3.05) is 0 Å². The predicted octanol–water partition coefficient (Wildman–Crippen LogP) is 7.32.